The lowest BCUT2D eigenvalue weighted by atomic mass is 10.2. The van der Waals surface area contributed by atoms with Crippen LogP contribution in [0.2, 0.25) is 0 Å². The van der Waals surface area contributed by atoms with Crippen molar-refractivity contribution < 1.29 is 9.15 Å². The second-order valence-corrected chi connectivity index (χ2v) is 8.07. The fraction of sp³-hybridized carbons (Fsp3) is 0.0952. The van der Waals surface area contributed by atoms with E-state index in [1.807, 2.05) is 54.7 Å². The monoisotopic (exact) mass is 420 g/mol. The summed E-state index contributed by atoms with van der Waals surface area (Å²) in [7, 11) is 1.66. The Balaban J connectivity index is 1.30. The number of thioether (sulfide) groups is 1. The number of nitrogens with zero attached hydrogens (tertiary/aromatic N) is 3. The fourth-order valence-electron chi connectivity index (χ4n) is 3.02. The zero-order valence-electron chi connectivity index (χ0n) is 15.5. The molecule has 0 atom stereocenters. The minimum Gasteiger partial charge on any atom is -0.497 e. The molecule has 6 nitrogen and oxygen atoms in total. The summed E-state index contributed by atoms with van der Waals surface area (Å²) in [6.07, 6.45) is 1.90. The van der Waals surface area contributed by atoms with Crippen molar-refractivity contribution in [2.45, 2.75) is 11.0 Å². The number of hydrogen-bond donors (Lipinski definition) is 1. The largest absolute Gasteiger partial charge is 0.497 e. The minimum atomic E-state index is 0.514. The molecule has 0 saturated heterocycles. The molecule has 0 unspecified atom stereocenters. The second-order valence-electron chi connectivity index (χ2n) is 6.29. The van der Waals surface area contributed by atoms with E-state index < -0.39 is 0 Å². The van der Waals surface area contributed by atoms with E-state index in [1.54, 1.807) is 18.4 Å². The molecule has 0 bridgehead atoms. The normalized spacial score (nSPS) is 11.2. The Morgan fingerprint density at radius 2 is 2.07 bits per heavy atom. The van der Waals surface area contributed by atoms with Gasteiger partial charge in [0.25, 0.3) is 11.1 Å². The topological polar surface area (TPSA) is 76.8 Å². The van der Waals surface area contributed by atoms with Crippen LogP contribution in [0.5, 0.6) is 5.75 Å². The first-order valence-electron chi connectivity index (χ1n) is 8.92. The van der Waals surface area contributed by atoms with Crippen molar-refractivity contribution in [2.75, 3.05) is 7.11 Å². The van der Waals surface area contributed by atoms with E-state index in [2.05, 4.69) is 20.6 Å². The Bertz CT molecular complexity index is 1270. The molecule has 0 aliphatic heterocycles. The summed E-state index contributed by atoms with van der Waals surface area (Å²) >= 11 is 3.09. The summed E-state index contributed by atoms with van der Waals surface area (Å²) in [4.78, 5) is 7.94. The number of hydrogen-bond acceptors (Lipinski definition) is 7. The number of aromatic nitrogens is 4. The molecule has 0 spiro atoms. The van der Waals surface area contributed by atoms with Crippen molar-refractivity contribution in [1.29, 1.82) is 0 Å². The summed E-state index contributed by atoms with van der Waals surface area (Å²) in [5, 5.41) is 13.0. The lowest BCUT2D eigenvalue weighted by Crippen LogP contribution is -1.85. The molecule has 0 radical (unpaired) electrons. The highest BCUT2D eigenvalue weighted by Crippen LogP contribution is 2.32. The van der Waals surface area contributed by atoms with Crippen molar-refractivity contribution in [3.8, 4) is 27.8 Å². The van der Waals surface area contributed by atoms with E-state index in [0.717, 1.165) is 38.5 Å². The van der Waals surface area contributed by atoms with Crippen molar-refractivity contribution in [1.82, 2.24) is 20.2 Å². The third-order valence-corrected chi connectivity index (χ3v) is 6.23. The molecule has 0 aliphatic carbocycles. The number of fused-ring (bicyclic) bond motifs is 1. The van der Waals surface area contributed by atoms with Crippen LogP contribution < -0.4 is 4.74 Å². The number of benzene rings is 2. The molecule has 0 fully saturated rings. The van der Waals surface area contributed by atoms with E-state index in [-0.39, 0.29) is 0 Å². The molecule has 0 aliphatic rings. The van der Waals surface area contributed by atoms with Gasteiger partial charge in [0.2, 0.25) is 0 Å². The Morgan fingerprint density at radius 1 is 1.14 bits per heavy atom. The molecule has 2 aromatic carbocycles. The van der Waals surface area contributed by atoms with E-state index in [4.69, 9.17) is 14.1 Å². The van der Waals surface area contributed by atoms with Gasteiger partial charge in [0.15, 0.2) is 0 Å². The lowest BCUT2D eigenvalue weighted by Gasteiger charge is -2.01. The quantitative estimate of drug-likeness (QED) is 0.358. The standard InChI is InChI=1S/C21H16N4O2S2/c1-26-15-6-4-5-13(9-15)20-23-14(11-28-20)12-29-21-25-24-19(27-21)17-10-22-18-8-3-2-7-16(17)18/h2-11,22H,12H2,1H3. The van der Waals surface area contributed by atoms with Crippen molar-refractivity contribution in [3.05, 3.63) is 65.8 Å². The predicted molar refractivity (Wildman–Crippen MR) is 115 cm³/mol. The summed E-state index contributed by atoms with van der Waals surface area (Å²) in [6.45, 7) is 0. The van der Waals surface area contributed by atoms with Crippen LogP contribution in [-0.2, 0) is 5.75 Å². The molecular weight excluding hydrogens is 404 g/mol. The average Bonchev–Trinajstić information content (AvgIpc) is 3.51. The Hall–Kier alpha value is -3.10. The van der Waals surface area contributed by atoms with E-state index in [9.17, 15) is 0 Å². The second kappa shape index (κ2) is 7.73. The molecule has 0 amide bonds. The highest BCUT2D eigenvalue weighted by Gasteiger charge is 2.14. The van der Waals surface area contributed by atoms with Crippen LogP contribution in [-0.4, -0.2) is 27.3 Å². The van der Waals surface area contributed by atoms with E-state index >= 15 is 0 Å². The van der Waals surface area contributed by atoms with Gasteiger partial charge in [-0.1, -0.05) is 42.1 Å². The van der Waals surface area contributed by atoms with Gasteiger partial charge in [-0.2, -0.15) is 0 Å². The van der Waals surface area contributed by atoms with Crippen LogP contribution in [0.15, 0.2) is 69.7 Å². The van der Waals surface area contributed by atoms with Gasteiger partial charge in [-0.05, 0) is 18.2 Å². The van der Waals surface area contributed by atoms with Crippen LogP contribution in [0.25, 0.3) is 32.9 Å². The van der Waals surface area contributed by atoms with E-state index in [1.165, 1.54) is 11.8 Å². The molecule has 29 heavy (non-hydrogen) atoms. The summed E-state index contributed by atoms with van der Waals surface area (Å²) in [5.74, 6) is 2.00. The zero-order chi connectivity index (χ0) is 19.6. The van der Waals surface area contributed by atoms with Gasteiger partial charge in [-0.3, -0.25) is 0 Å². The Labute approximate surface area is 175 Å². The van der Waals surface area contributed by atoms with Gasteiger partial charge in [0, 0.05) is 33.8 Å². The smallest absolute Gasteiger partial charge is 0.277 e. The number of thiazole rings is 1. The zero-order valence-corrected chi connectivity index (χ0v) is 17.1. The maximum Gasteiger partial charge on any atom is 0.277 e. The van der Waals surface area contributed by atoms with Crippen molar-refractivity contribution >= 4 is 34.0 Å². The first kappa shape index (κ1) is 18.0. The Morgan fingerprint density at radius 3 is 3.00 bits per heavy atom. The maximum absolute atomic E-state index is 5.86. The van der Waals surface area contributed by atoms with Crippen LogP contribution in [0.1, 0.15) is 5.69 Å². The molecule has 3 aromatic heterocycles. The molecule has 144 valence electrons. The average molecular weight is 421 g/mol. The molecule has 5 rings (SSSR count). The lowest BCUT2D eigenvalue weighted by molar-refractivity contribution is 0.415. The number of nitrogens with one attached hydrogen (secondary N) is 1. The van der Waals surface area contributed by atoms with E-state index in [0.29, 0.717) is 16.9 Å². The summed E-state index contributed by atoms with van der Waals surface area (Å²) < 4.78 is 11.2. The summed E-state index contributed by atoms with van der Waals surface area (Å²) in [5.41, 5.74) is 3.98. The van der Waals surface area contributed by atoms with Gasteiger partial charge in [-0.15, -0.1) is 21.5 Å². The fourth-order valence-corrected chi connectivity index (χ4v) is 4.60. The first-order chi connectivity index (χ1) is 14.3. The molecule has 3 heterocycles. The number of H-pyrrole nitrogens is 1. The van der Waals surface area contributed by atoms with Crippen molar-refractivity contribution in [2.24, 2.45) is 0 Å². The number of aromatic amines is 1. The molecule has 0 saturated carbocycles. The van der Waals surface area contributed by atoms with Crippen LogP contribution >= 0.6 is 23.1 Å². The predicted octanol–water partition coefficient (Wildman–Crippen LogP) is 5.64. The van der Waals surface area contributed by atoms with Crippen molar-refractivity contribution in [3.63, 3.8) is 0 Å². The first-order valence-corrected chi connectivity index (χ1v) is 10.8. The highest BCUT2D eigenvalue weighted by molar-refractivity contribution is 7.98. The maximum atomic E-state index is 5.86. The van der Waals surface area contributed by atoms with Crippen LogP contribution in [0, 0.1) is 0 Å². The van der Waals surface area contributed by atoms with Gasteiger partial charge in [0.05, 0.1) is 18.4 Å². The van der Waals surface area contributed by atoms with Gasteiger partial charge in [-0.25, -0.2) is 4.98 Å². The molecule has 8 heteroatoms. The molecule has 5 aromatic rings. The highest BCUT2D eigenvalue weighted by atomic mass is 32.2. The number of rotatable bonds is 6. The van der Waals surface area contributed by atoms with Gasteiger partial charge >= 0.3 is 0 Å². The van der Waals surface area contributed by atoms with Crippen LogP contribution in [0.3, 0.4) is 0 Å². The number of para-hydroxylation sites is 1. The molecular formula is C21H16N4O2S2. The third kappa shape index (κ3) is 3.64. The number of methoxy groups -OCH3 is 1. The SMILES string of the molecule is COc1cccc(-c2nc(CSc3nnc(-c4c[nH]c5ccccc45)o3)cs2)c1. The number of ether oxygens (including phenoxy) is 1. The minimum absolute atomic E-state index is 0.514. The molecule has 1 N–H and O–H groups in total. The summed E-state index contributed by atoms with van der Waals surface area (Å²) in [6, 6.07) is 16.0. The van der Waals surface area contributed by atoms with Gasteiger partial charge < -0.3 is 14.1 Å². The van der Waals surface area contributed by atoms with Gasteiger partial charge in [0.1, 0.15) is 10.8 Å². The van der Waals surface area contributed by atoms with Crippen LogP contribution in [0.4, 0.5) is 0 Å². The Kier molecular flexibility index (Phi) is 4.79. The third-order valence-electron chi connectivity index (χ3n) is 4.44.